The maximum atomic E-state index is 12.5. The van der Waals surface area contributed by atoms with Gasteiger partial charge < -0.3 is 9.32 Å². The van der Waals surface area contributed by atoms with Crippen LogP contribution in [0.15, 0.2) is 28.9 Å². The molecular weight excluding hydrogens is 304 g/mol. The van der Waals surface area contributed by atoms with E-state index in [4.69, 9.17) is 4.42 Å². The molecule has 1 amide bonds. The molecule has 1 fully saturated rings. The highest BCUT2D eigenvalue weighted by Gasteiger charge is 2.27. The van der Waals surface area contributed by atoms with Gasteiger partial charge in [0.15, 0.2) is 0 Å². The van der Waals surface area contributed by atoms with Crippen LogP contribution in [-0.4, -0.2) is 51.7 Å². The summed E-state index contributed by atoms with van der Waals surface area (Å²) in [7, 11) is 1.84. The Morgan fingerprint density at radius 3 is 2.92 bits per heavy atom. The molecule has 1 atom stereocenters. The second-order valence-electron chi connectivity index (χ2n) is 6.77. The highest BCUT2D eigenvalue weighted by Crippen LogP contribution is 2.19. The number of amides is 1. The summed E-state index contributed by atoms with van der Waals surface area (Å²) < 4.78 is 7.54. The van der Waals surface area contributed by atoms with E-state index in [2.05, 4.69) is 16.2 Å². The van der Waals surface area contributed by atoms with E-state index in [-0.39, 0.29) is 5.91 Å². The number of hydrogen-bond donors (Lipinski definition) is 0. The molecule has 0 bridgehead atoms. The van der Waals surface area contributed by atoms with Crippen LogP contribution in [0.25, 0.3) is 0 Å². The second-order valence-corrected chi connectivity index (χ2v) is 6.77. The van der Waals surface area contributed by atoms with Crippen LogP contribution in [0.2, 0.25) is 0 Å². The number of aromatic nitrogens is 2. The van der Waals surface area contributed by atoms with Gasteiger partial charge in [-0.15, -0.1) is 0 Å². The molecule has 0 aliphatic carbocycles. The Bertz CT molecular complexity index is 691. The van der Waals surface area contributed by atoms with Crippen LogP contribution >= 0.6 is 0 Å². The van der Waals surface area contributed by atoms with Crippen LogP contribution < -0.4 is 0 Å². The van der Waals surface area contributed by atoms with Crippen molar-refractivity contribution in [2.75, 3.05) is 20.1 Å². The zero-order valence-electron chi connectivity index (χ0n) is 14.7. The molecule has 2 aromatic rings. The first kappa shape index (κ1) is 16.8. The molecule has 2 aromatic heterocycles. The summed E-state index contributed by atoms with van der Waals surface area (Å²) in [4.78, 5) is 16.6. The second kappa shape index (κ2) is 7.21. The maximum Gasteiger partial charge on any atom is 0.236 e. The van der Waals surface area contributed by atoms with Gasteiger partial charge in [-0.1, -0.05) is 0 Å². The quantitative estimate of drug-likeness (QED) is 0.815. The van der Waals surface area contributed by atoms with Crippen molar-refractivity contribution >= 4 is 5.91 Å². The minimum Gasteiger partial charge on any atom is -0.464 e. The molecule has 3 heterocycles. The lowest BCUT2D eigenvalue weighted by molar-refractivity contribution is -0.132. The van der Waals surface area contributed by atoms with Gasteiger partial charge >= 0.3 is 0 Å². The number of likely N-dealkylation sites (N-methyl/N-ethyl adjacent to an activating group) is 1. The smallest absolute Gasteiger partial charge is 0.236 e. The average molecular weight is 330 g/mol. The van der Waals surface area contributed by atoms with Crippen molar-refractivity contribution in [2.45, 2.75) is 45.8 Å². The molecular formula is C18H26N4O2. The molecule has 0 spiro atoms. The lowest BCUT2D eigenvalue weighted by atomic mass is 10.2. The Balaban J connectivity index is 1.54. The van der Waals surface area contributed by atoms with Gasteiger partial charge in [0.2, 0.25) is 5.91 Å². The van der Waals surface area contributed by atoms with Gasteiger partial charge in [0.05, 0.1) is 25.8 Å². The lowest BCUT2D eigenvalue weighted by Crippen LogP contribution is -2.41. The van der Waals surface area contributed by atoms with Crippen LogP contribution in [0.5, 0.6) is 0 Å². The highest BCUT2D eigenvalue weighted by atomic mass is 16.3. The maximum absolute atomic E-state index is 12.5. The number of likely N-dealkylation sites (tertiary alicyclic amines) is 1. The van der Waals surface area contributed by atoms with Crippen LogP contribution in [-0.2, 0) is 17.9 Å². The Morgan fingerprint density at radius 1 is 1.42 bits per heavy atom. The standard InChI is InChI=1S/C18H26N4O2/c1-14-9-19-22(10-14)11-16-5-4-8-21(16)13-18(23)20(3)12-17-7-6-15(2)24-17/h6-7,9-10,16H,4-5,8,11-13H2,1-3H3/t16-/m0/s1. The van der Waals surface area contributed by atoms with Crippen molar-refractivity contribution in [2.24, 2.45) is 0 Å². The van der Waals surface area contributed by atoms with E-state index < -0.39 is 0 Å². The fourth-order valence-corrected chi connectivity index (χ4v) is 3.28. The third-order valence-electron chi connectivity index (χ3n) is 4.61. The Hall–Kier alpha value is -2.08. The van der Waals surface area contributed by atoms with Gasteiger partial charge in [0, 0.05) is 19.3 Å². The number of carbonyl (C=O) groups is 1. The third kappa shape index (κ3) is 4.06. The van der Waals surface area contributed by atoms with Gasteiger partial charge in [-0.2, -0.15) is 5.10 Å². The lowest BCUT2D eigenvalue weighted by Gasteiger charge is -2.26. The number of aryl methyl sites for hydroxylation is 2. The van der Waals surface area contributed by atoms with Gasteiger partial charge in [0.25, 0.3) is 0 Å². The summed E-state index contributed by atoms with van der Waals surface area (Å²) in [5.74, 6) is 1.83. The fraction of sp³-hybridized carbons (Fsp3) is 0.556. The molecule has 1 aliphatic rings. The van der Waals surface area contributed by atoms with Gasteiger partial charge in [-0.05, 0) is 50.9 Å². The summed E-state index contributed by atoms with van der Waals surface area (Å²) in [6, 6.07) is 4.24. The summed E-state index contributed by atoms with van der Waals surface area (Å²) in [5, 5.41) is 4.37. The minimum atomic E-state index is 0.132. The Morgan fingerprint density at radius 2 is 2.25 bits per heavy atom. The molecule has 24 heavy (non-hydrogen) atoms. The summed E-state index contributed by atoms with van der Waals surface area (Å²) in [6.07, 6.45) is 6.19. The largest absolute Gasteiger partial charge is 0.464 e. The summed E-state index contributed by atoms with van der Waals surface area (Å²) >= 11 is 0. The molecule has 0 radical (unpaired) electrons. The van der Waals surface area contributed by atoms with Crippen molar-refractivity contribution < 1.29 is 9.21 Å². The average Bonchev–Trinajstić information content (AvgIpc) is 3.24. The predicted molar refractivity (Wildman–Crippen MR) is 91.5 cm³/mol. The molecule has 0 N–H and O–H groups in total. The number of nitrogens with zero attached hydrogens (tertiary/aromatic N) is 4. The van der Waals surface area contributed by atoms with Gasteiger partial charge in [-0.25, -0.2) is 0 Å². The molecule has 130 valence electrons. The van der Waals surface area contributed by atoms with E-state index in [1.165, 1.54) is 5.56 Å². The van der Waals surface area contributed by atoms with E-state index in [1.54, 1.807) is 4.90 Å². The first-order chi connectivity index (χ1) is 11.5. The SMILES string of the molecule is Cc1cnn(C[C@@H]2CCCN2CC(=O)N(C)Cc2ccc(C)o2)c1. The van der Waals surface area contributed by atoms with Crippen LogP contribution in [0, 0.1) is 13.8 Å². The topological polar surface area (TPSA) is 54.5 Å². The highest BCUT2D eigenvalue weighted by molar-refractivity contribution is 5.78. The normalized spacial score (nSPS) is 18.2. The third-order valence-corrected chi connectivity index (χ3v) is 4.61. The summed E-state index contributed by atoms with van der Waals surface area (Å²) in [6.45, 7) is 6.76. The van der Waals surface area contributed by atoms with E-state index in [0.717, 1.165) is 37.5 Å². The van der Waals surface area contributed by atoms with E-state index in [1.807, 2.05) is 43.9 Å². The zero-order chi connectivity index (χ0) is 17.1. The van der Waals surface area contributed by atoms with Crippen LogP contribution in [0.4, 0.5) is 0 Å². The van der Waals surface area contributed by atoms with Crippen LogP contribution in [0.1, 0.15) is 29.9 Å². The van der Waals surface area contributed by atoms with Crippen molar-refractivity contribution in [1.82, 2.24) is 19.6 Å². The van der Waals surface area contributed by atoms with Crippen molar-refractivity contribution in [3.05, 3.63) is 41.6 Å². The number of rotatable bonds is 6. The zero-order valence-corrected chi connectivity index (χ0v) is 14.7. The predicted octanol–water partition coefficient (Wildman–Crippen LogP) is 2.22. The first-order valence-corrected chi connectivity index (χ1v) is 8.53. The molecule has 0 aromatic carbocycles. The Kier molecular flexibility index (Phi) is 5.04. The fourth-order valence-electron chi connectivity index (χ4n) is 3.28. The van der Waals surface area contributed by atoms with Crippen molar-refractivity contribution in [3.8, 4) is 0 Å². The summed E-state index contributed by atoms with van der Waals surface area (Å²) in [5.41, 5.74) is 1.17. The molecule has 3 rings (SSSR count). The molecule has 6 heteroatoms. The Labute approximate surface area is 143 Å². The van der Waals surface area contributed by atoms with Crippen molar-refractivity contribution in [3.63, 3.8) is 0 Å². The molecule has 1 aliphatic heterocycles. The number of hydrogen-bond acceptors (Lipinski definition) is 4. The number of carbonyl (C=O) groups excluding carboxylic acids is 1. The monoisotopic (exact) mass is 330 g/mol. The molecule has 1 saturated heterocycles. The van der Waals surface area contributed by atoms with Crippen LogP contribution in [0.3, 0.4) is 0 Å². The van der Waals surface area contributed by atoms with Crippen molar-refractivity contribution in [1.29, 1.82) is 0 Å². The van der Waals surface area contributed by atoms with E-state index in [0.29, 0.717) is 19.1 Å². The molecule has 0 unspecified atom stereocenters. The molecule has 0 saturated carbocycles. The van der Waals surface area contributed by atoms with Gasteiger partial charge in [-0.3, -0.25) is 14.4 Å². The van der Waals surface area contributed by atoms with Gasteiger partial charge in [0.1, 0.15) is 11.5 Å². The minimum absolute atomic E-state index is 0.132. The molecule has 6 nitrogen and oxygen atoms in total. The number of furan rings is 1. The first-order valence-electron chi connectivity index (χ1n) is 8.53. The van der Waals surface area contributed by atoms with E-state index in [9.17, 15) is 4.79 Å². The van der Waals surface area contributed by atoms with E-state index >= 15 is 0 Å².